The van der Waals surface area contributed by atoms with E-state index in [9.17, 15) is 10.1 Å². The lowest BCUT2D eigenvalue weighted by atomic mass is 10.1. The lowest BCUT2D eigenvalue weighted by Gasteiger charge is -2.05. The zero-order chi connectivity index (χ0) is 7.56. The molecule has 0 bridgehead atoms. The normalized spacial score (nSPS) is 24.1. The van der Waals surface area contributed by atoms with Crippen molar-refractivity contribution in [3.8, 4) is 0 Å². The topological polar surface area (TPSA) is 43.1 Å². The van der Waals surface area contributed by atoms with E-state index >= 15 is 0 Å². The lowest BCUT2D eigenvalue weighted by Crippen LogP contribution is -2.17. The number of hydrogen-bond donors (Lipinski definition) is 0. The van der Waals surface area contributed by atoms with Crippen LogP contribution < -0.4 is 0 Å². The lowest BCUT2D eigenvalue weighted by molar-refractivity contribution is -0.508. The average molecular weight is 204 g/mol. The second-order valence-corrected chi connectivity index (χ2v) is 2.96. The molecule has 0 aromatic heterocycles. The van der Waals surface area contributed by atoms with Crippen molar-refractivity contribution in [3.63, 3.8) is 0 Å². The van der Waals surface area contributed by atoms with E-state index in [1.54, 1.807) is 12.2 Å². The van der Waals surface area contributed by atoms with Crippen LogP contribution in [0.2, 0.25) is 0 Å². The molecule has 1 aliphatic rings. The Bertz CT molecular complexity index is 210. The molecule has 10 heavy (non-hydrogen) atoms. The Morgan fingerprint density at radius 1 is 1.80 bits per heavy atom. The number of hydrogen-bond acceptors (Lipinski definition) is 2. The standard InChI is InChI=1S/C6H6BrNO2/c7-5-2-1-3-6(4-5)8(9)10/h1-2,4,6H,3H2. The van der Waals surface area contributed by atoms with E-state index in [4.69, 9.17) is 0 Å². The Labute approximate surface area is 66.7 Å². The first-order valence-electron chi connectivity index (χ1n) is 2.87. The van der Waals surface area contributed by atoms with E-state index in [-0.39, 0.29) is 4.92 Å². The molecule has 0 aromatic carbocycles. The molecular formula is C6H6BrNO2. The molecule has 1 aliphatic carbocycles. The van der Waals surface area contributed by atoms with Crippen molar-refractivity contribution in [2.24, 2.45) is 0 Å². The summed E-state index contributed by atoms with van der Waals surface area (Å²) in [7, 11) is 0. The highest BCUT2D eigenvalue weighted by Gasteiger charge is 2.17. The van der Waals surface area contributed by atoms with Gasteiger partial charge in [0.2, 0.25) is 6.04 Å². The van der Waals surface area contributed by atoms with Gasteiger partial charge in [-0.25, -0.2) is 0 Å². The Hall–Kier alpha value is -0.640. The summed E-state index contributed by atoms with van der Waals surface area (Å²) in [5.74, 6) is 0. The van der Waals surface area contributed by atoms with Crippen LogP contribution in [0.25, 0.3) is 0 Å². The molecule has 4 heteroatoms. The fraction of sp³-hybridized carbons (Fsp3) is 0.333. The van der Waals surface area contributed by atoms with Gasteiger partial charge >= 0.3 is 0 Å². The van der Waals surface area contributed by atoms with Crippen LogP contribution in [0.1, 0.15) is 6.42 Å². The molecule has 3 nitrogen and oxygen atoms in total. The highest BCUT2D eigenvalue weighted by atomic mass is 79.9. The van der Waals surface area contributed by atoms with Gasteiger partial charge in [-0.2, -0.15) is 0 Å². The zero-order valence-corrected chi connectivity index (χ0v) is 6.74. The van der Waals surface area contributed by atoms with Crippen molar-refractivity contribution >= 4 is 15.9 Å². The van der Waals surface area contributed by atoms with Crippen molar-refractivity contribution in [1.29, 1.82) is 0 Å². The summed E-state index contributed by atoms with van der Waals surface area (Å²) in [4.78, 5) is 9.92. The van der Waals surface area contributed by atoms with Crippen molar-refractivity contribution in [2.75, 3.05) is 0 Å². The number of halogens is 1. The Morgan fingerprint density at radius 2 is 2.50 bits per heavy atom. The minimum Gasteiger partial charge on any atom is -0.264 e. The first-order chi connectivity index (χ1) is 4.70. The molecule has 0 aromatic rings. The third-order valence-corrected chi connectivity index (χ3v) is 1.81. The molecule has 1 rings (SSSR count). The molecule has 0 amide bonds. The summed E-state index contributed by atoms with van der Waals surface area (Å²) in [6.07, 6.45) is 5.71. The van der Waals surface area contributed by atoms with Crippen LogP contribution in [0.3, 0.4) is 0 Å². The van der Waals surface area contributed by atoms with Crippen molar-refractivity contribution in [2.45, 2.75) is 12.5 Å². The van der Waals surface area contributed by atoms with Gasteiger partial charge in [-0.15, -0.1) is 0 Å². The van der Waals surface area contributed by atoms with E-state index in [1.165, 1.54) is 0 Å². The molecule has 0 saturated carbocycles. The number of rotatable bonds is 1. The number of nitro groups is 1. The molecular weight excluding hydrogens is 198 g/mol. The predicted octanol–water partition coefficient (Wildman–Crippen LogP) is 1.87. The van der Waals surface area contributed by atoms with E-state index in [2.05, 4.69) is 15.9 Å². The SMILES string of the molecule is O=[N+]([O-])C1C=C(Br)C=CC1. The van der Waals surface area contributed by atoms with Crippen molar-refractivity contribution in [1.82, 2.24) is 0 Å². The van der Waals surface area contributed by atoms with E-state index < -0.39 is 6.04 Å². The smallest absolute Gasteiger partial charge is 0.236 e. The molecule has 0 spiro atoms. The van der Waals surface area contributed by atoms with Crippen LogP contribution in [0.5, 0.6) is 0 Å². The second kappa shape index (κ2) is 2.96. The van der Waals surface area contributed by atoms with E-state index in [1.807, 2.05) is 6.08 Å². The van der Waals surface area contributed by atoms with Gasteiger partial charge in [0.05, 0.1) is 0 Å². The maximum Gasteiger partial charge on any atom is 0.236 e. The van der Waals surface area contributed by atoms with Crippen LogP contribution >= 0.6 is 15.9 Å². The average Bonchev–Trinajstić information content (AvgIpc) is 1.88. The van der Waals surface area contributed by atoms with Gasteiger partial charge in [-0.3, -0.25) is 10.1 Å². The van der Waals surface area contributed by atoms with Gasteiger partial charge < -0.3 is 0 Å². The fourth-order valence-electron chi connectivity index (χ4n) is 0.774. The summed E-state index contributed by atoms with van der Waals surface area (Å²) in [6, 6.07) is -0.542. The summed E-state index contributed by atoms with van der Waals surface area (Å²) < 4.78 is 0.792. The zero-order valence-electron chi connectivity index (χ0n) is 5.16. The monoisotopic (exact) mass is 203 g/mol. The van der Waals surface area contributed by atoms with Crippen LogP contribution in [0, 0.1) is 10.1 Å². The maximum absolute atomic E-state index is 10.2. The van der Waals surface area contributed by atoms with Crippen molar-refractivity contribution in [3.05, 3.63) is 32.8 Å². The Morgan fingerprint density at radius 3 is 2.90 bits per heavy atom. The Balaban J connectivity index is 2.69. The first-order valence-corrected chi connectivity index (χ1v) is 3.67. The Kier molecular flexibility index (Phi) is 2.21. The first kappa shape index (κ1) is 7.47. The minimum absolute atomic E-state index is 0.287. The van der Waals surface area contributed by atoms with E-state index in [0.717, 1.165) is 4.48 Å². The highest BCUT2D eigenvalue weighted by Crippen LogP contribution is 2.16. The van der Waals surface area contributed by atoms with Crippen LogP contribution in [0.4, 0.5) is 0 Å². The summed E-state index contributed by atoms with van der Waals surface area (Å²) in [5.41, 5.74) is 0. The van der Waals surface area contributed by atoms with Gasteiger partial charge in [-0.1, -0.05) is 28.1 Å². The molecule has 1 unspecified atom stereocenters. The number of nitrogens with zero attached hydrogens (tertiary/aromatic N) is 1. The van der Waals surface area contributed by atoms with Gasteiger partial charge in [0.1, 0.15) is 0 Å². The molecule has 0 radical (unpaired) electrons. The quantitative estimate of drug-likeness (QED) is 0.483. The molecule has 54 valence electrons. The van der Waals surface area contributed by atoms with Gasteiger partial charge in [0.25, 0.3) is 0 Å². The van der Waals surface area contributed by atoms with Crippen molar-refractivity contribution < 1.29 is 4.92 Å². The molecule has 0 aliphatic heterocycles. The summed E-state index contributed by atoms with van der Waals surface area (Å²) >= 11 is 3.17. The third-order valence-electron chi connectivity index (χ3n) is 1.28. The van der Waals surface area contributed by atoms with Crippen LogP contribution in [-0.2, 0) is 0 Å². The van der Waals surface area contributed by atoms with Gasteiger partial charge in [0.15, 0.2) is 0 Å². The van der Waals surface area contributed by atoms with Crippen LogP contribution in [-0.4, -0.2) is 11.0 Å². The van der Waals surface area contributed by atoms with Gasteiger partial charge in [0, 0.05) is 21.9 Å². The van der Waals surface area contributed by atoms with Crippen LogP contribution in [0.15, 0.2) is 22.7 Å². The minimum atomic E-state index is -0.542. The number of allylic oxidation sites excluding steroid dienone is 2. The second-order valence-electron chi connectivity index (χ2n) is 2.04. The summed E-state index contributed by atoms with van der Waals surface area (Å²) in [5, 5.41) is 10.2. The summed E-state index contributed by atoms with van der Waals surface area (Å²) in [6.45, 7) is 0. The third kappa shape index (κ3) is 1.67. The predicted molar refractivity (Wildman–Crippen MR) is 41.5 cm³/mol. The maximum atomic E-state index is 10.2. The highest BCUT2D eigenvalue weighted by molar-refractivity contribution is 9.11. The molecule has 0 fully saturated rings. The molecule has 0 N–H and O–H groups in total. The van der Waals surface area contributed by atoms with E-state index in [0.29, 0.717) is 6.42 Å². The molecule has 0 saturated heterocycles. The molecule has 1 atom stereocenters. The largest absolute Gasteiger partial charge is 0.264 e. The van der Waals surface area contributed by atoms with Gasteiger partial charge in [-0.05, 0) is 0 Å². The molecule has 0 heterocycles. The fourth-order valence-corrected chi connectivity index (χ4v) is 1.27.